The van der Waals surface area contributed by atoms with Gasteiger partial charge in [-0.25, -0.2) is 13.3 Å². The third kappa shape index (κ3) is 4.22. The number of aliphatic hydroxyl groups excluding tert-OH is 1. The zero-order valence-corrected chi connectivity index (χ0v) is 15.8. The molecule has 152 valence electrons. The van der Waals surface area contributed by atoms with Gasteiger partial charge in [-0.3, -0.25) is 4.79 Å². The van der Waals surface area contributed by atoms with Gasteiger partial charge >= 0.3 is 0 Å². The molecule has 1 aromatic carbocycles. The highest BCUT2D eigenvalue weighted by Crippen LogP contribution is 2.24. The highest BCUT2D eigenvalue weighted by molar-refractivity contribution is 6.01. The van der Waals surface area contributed by atoms with Crippen molar-refractivity contribution >= 4 is 17.1 Å². The first-order valence-corrected chi connectivity index (χ1v) is 9.62. The fourth-order valence-corrected chi connectivity index (χ4v) is 3.53. The number of hydrogen-bond donors (Lipinski definition) is 1. The molecule has 6 nitrogen and oxygen atoms in total. The molecule has 1 N–H and O–H groups in total. The van der Waals surface area contributed by atoms with E-state index in [4.69, 9.17) is 0 Å². The number of anilines is 1. The molecule has 2 saturated heterocycles. The number of β-amino-alcohol motifs (C(OH)–C–C–N with tert-alkyl or cyclic N) is 1. The van der Waals surface area contributed by atoms with Crippen LogP contribution >= 0.6 is 0 Å². The predicted molar refractivity (Wildman–Crippen MR) is 105 cm³/mol. The minimum absolute atomic E-state index is 0.0473. The zero-order valence-electron chi connectivity index (χ0n) is 15.8. The Labute approximate surface area is 167 Å². The Morgan fingerprint density at radius 2 is 1.66 bits per heavy atom. The summed E-state index contributed by atoms with van der Waals surface area (Å²) in [5, 5.41) is 13.6. The second-order valence-electron chi connectivity index (χ2n) is 7.27. The molecule has 2 aromatic heterocycles. The molecule has 3 aromatic rings. The quantitative estimate of drug-likeness (QED) is 0.719. The predicted octanol–water partition coefficient (Wildman–Crippen LogP) is 2.72. The number of carbonyl (C=O) groups excluding carboxylic acids is 1. The average molecular weight is 400 g/mol. The van der Waals surface area contributed by atoms with Gasteiger partial charge in [-0.15, -0.1) is 0 Å². The largest absolute Gasteiger partial charge is 0.389 e. The van der Waals surface area contributed by atoms with Crippen molar-refractivity contribution in [1.82, 2.24) is 14.5 Å². The second-order valence-corrected chi connectivity index (χ2v) is 7.27. The van der Waals surface area contributed by atoms with Gasteiger partial charge in [0.05, 0.1) is 23.4 Å². The number of pyridine rings is 1. The van der Waals surface area contributed by atoms with Crippen molar-refractivity contribution in [2.45, 2.75) is 18.9 Å². The lowest BCUT2D eigenvalue weighted by molar-refractivity contribution is 0.00602. The number of aliphatic hydroxyl groups is 1. The molecular formula is C21H22F2N4O2. The molecule has 0 bridgehead atoms. The molecule has 0 radical (unpaired) electrons. The van der Waals surface area contributed by atoms with E-state index in [9.17, 15) is 18.7 Å². The summed E-state index contributed by atoms with van der Waals surface area (Å²) in [6.45, 7) is 2.99. The highest BCUT2D eigenvalue weighted by Gasteiger charge is 2.31. The third-order valence-electron chi connectivity index (χ3n) is 5.16. The average Bonchev–Trinajstić information content (AvgIpc) is 3.37. The van der Waals surface area contributed by atoms with Crippen molar-refractivity contribution in [1.29, 1.82) is 0 Å². The van der Waals surface area contributed by atoms with Crippen molar-refractivity contribution in [3.63, 3.8) is 0 Å². The van der Waals surface area contributed by atoms with Gasteiger partial charge in [-0.05, 0) is 49.2 Å². The first-order chi connectivity index (χ1) is 14.0. The lowest BCUT2D eigenvalue weighted by Crippen LogP contribution is -2.53. The number of aromatic nitrogens is 2. The summed E-state index contributed by atoms with van der Waals surface area (Å²) >= 11 is 0. The molecule has 0 spiro atoms. The monoisotopic (exact) mass is 400 g/mol. The topological polar surface area (TPSA) is 61.1 Å². The number of rotatable bonds is 2. The standard InChI is InChI=1S/C15H18N4O2.C6H4F2/c20-12-9-18(10-12)15(21)13-8-16-19-6-3-11(7-14(13)19)17-4-1-2-5-17;7-5-1-2-6(8)4-3-5/h3,6-8,12,20H,1-2,4-5,9-10H2;1-4H. The van der Waals surface area contributed by atoms with E-state index in [-0.39, 0.29) is 12.0 Å². The Hall–Kier alpha value is -3.00. The summed E-state index contributed by atoms with van der Waals surface area (Å²) in [6.07, 6.45) is 5.60. The minimum atomic E-state index is -0.411. The summed E-state index contributed by atoms with van der Waals surface area (Å²) in [6, 6.07) is 8.41. The molecule has 29 heavy (non-hydrogen) atoms. The fourth-order valence-electron chi connectivity index (χ4n) is 3.53. The van der Waals surface area contributed by atoms with Gasteiger partial charge in [0.15, 0.2) is 0 Å². The summed E-state index contributed by atoms with van der Waals surface area (Å²) in [5.41, 5.74) is 2.60. The van der Waals surface area contributed by atoms with Gasteiger partial charge in [0.2, 0.25) is 0 Å². The van der Waals surface area contributed by atoms with E-state index in [1.165, 1.54) is 12.8 Å². The van der Waals surface area contributed by atoms with Crippen LogP contribution in [0, 0.1) is 11.6 Å². The third-order valence-corrected chi connectivity index (χ3v) is 5.16. The maximum absolute atomic E-state index is 12.4. The van der Waals surface area contributed by atoms with Gasteiger partial charge in [-0.1, -0.05) is 0 Å². The van der Waals surface area contributed by atoms with E-state index in [0.717, 1.165) is 48.6 Å². The van der Waals surface area contributed by atoms with E-state index < -0.39 is 11.6 Å². The summed E-state index contributed by atoms with van der Waals surface area (Å²) in [7, 11) is 0. The maximum Gasteiger partial charge on any atom is 0.257 e. The Bertz CT molecular complexity index is 973. The van der Waals surface area contributed by atoms with Crippen molar-refractivity contribution in [2.75, 3.05) is 31.1 Å². The number of likely N-dealkylation sites (tertiary alicyclic amines) is 1. The van der Waals surface area contributed by atoms with Crippen LogP contribution in [0.25, 0.3) is 5.52 Å². The van der Waals surface area contributed by atoms with Crippen LogP contribution in [-0.4, -0.2) is 57.8 Å². The molecule has 2 aliphatic heterocycles. The van der Waals surface area contributed by atoms with Crippen LogP contribution in [0.1, 0.15) is 23.2 Å². The van der Waals surface area contributed by atoms with E-state index in [1.807, 2.05) is 18.3 Å². The van der Waals surface area contributed by atoms with Gasteiger partial charge in [-0.2, -0.15) is 5.10 Å². The molecule has 2 aliphatic rings. The molecule has 8 heteroatoms. The number of carbonyl (C=O) groups is 1. The minimum Gasteiger partial charge on any atom is -0.389 e. The summed E-state index contributed by atoms with van der Waals surface area (Å²) in [4.78, 5) is 16.4. The number of amides is 1. The van der Waals surface area contributed by atoms with Gasteiger partial charge in [0.1, 0.15) is 11.6 Å². The van der Waals surface area contributed by atoms with E-state index >= 15 is 0 Å². The van der Waals surface area contributed by atoms with Gasteiger partial charge < -0.3 is 14.9 Å². The number of nitrogens with zero attached hydrogens (tertiary/aromatic N) is 4. The Balaban J connectivity index is 0.000000216. The Kier molecular flexibility index (Phi) is 5.44. The van der Waals surface area contributed by atoms with E-state index in [0.29, 0.717) is 18.7 Å². The van der Waals surface area contributed by atoms with E-state index in [2.05, 4.69) is 10.00 Å². The molecule has 1 amide bonds. The van der Waals surface area contributed by atoms with Crippen LogP contribution in [0.4, 0.5) is 14.5 Å². The highest BCUT2D eigenvalue weighted by atomic mass is 19.1. The fraction of sp³-hybridized carbons (Fsp3) is 0.333. The normalized spacial score (nSPS) is 16.5. The molecule has 5 rings (SSSR count). The summed E-state index contributed by atoms with van der Waals surface area (Å²) in [5.74, 6) is -0.869. The van der Waals surface area contributed by atoms with Gasteiger partial charge in [0.25, 0.3) is 5.91 Å². The van der Waals surface area contributed by atoms with Crippen LogP contribution in [0.15, 0.2) is 48.8 Å². The van der Waals surface area contributed by atoms with E-state index in [1.54, 1.807) is 15.6 Å². The Morgan fingerprint density at radius 1 is 1.03 bits per heavy atom. The number of hydrogen-bond acceptors (Lipinski definition) is 4. The molecular weight excluding hydrogens is 378 g/mol. The second kappa shape index (κ2) is 8.16. The van der Waals surface area contributed by atoms with Crippen molar-refractivity contribution in [2.24, 2.45) is 0 Å². The molecule has 4 heterocycles. The van der Waals surface area contributed by atoms with Crippen LogP contribution in [0.5, 0.6) is 0 Å². The first-order valence-electron chi connectivity index (χ1n) is 9.62. The lowest BCUT2D eigenvalue weighted by atomic mass is 10.1. The summed E-state index contributed by atoms with van der Waals surface area (Å²) < 4.78 is 25.6. The molecule has 0 saturated carbocycles. The molecule has 0 aliphatic carbocycles. The SMILES string of the molecule is Fc1ccc(F)cc1.O=C(c1cnn2ccc(N3CCCC3)cc12)N1CC(O)C1. The van der Waals surface area contributed by atoms with Gasteiger partial charge in [0, 0.05) is 38.1 Å². The lowest BCUT2D eigenvalue weighted by Gasteiger charge is -2.35. The Morgan fingerprint density at radius 3 is 2.24 bits per heavy atom. The number of fused-ring (bicyclic) bond motifs is 1. The smallest absolute Gasteiger partial charge is 0.257 e. The molecule has 0 unspecified atom stereocenters. The van der Waals surface area contributed by atoms with Crippen LogP contribution in [0.3, 0.4) is 0 Å². The van der Waals surface area contributed by atoms with Crippen molar-refractivity contribution in [3.8, 4) is 0 Å². The number of benzene rings is 1. The maximum atomic E-state index is 12.4. The van der Waals surface area contributed by atoms with Crippen LogP contribution in [0.2, 0.25) is 0 Å². The number of halogens is 2. The van der Waals surface area contributed by atoms with Crippen LogP contribution < -0.4 is 4.90 Å². The zero-order chi connectivity index (χ0) is 20.4. The molecule has 2 fully saturated rings. The van der Waals surface area contributed by atoms with Crippen molar-refractivity contribution < 1.29 is 18.7 Å². The van der Waals surface area contributed by atoms with Crippen molar-refractivity contribution in [3.05, 3.63) is 66.0 Å². The first kappa shape index (κ1) is 19.3. The molecule has 0 atom stereocenters. The van der Waals surface area contributed by atoms with Crippen LogP contribution in [-0.2, 0) is 0 Å².